The zero-order valence-electron chi connectivity index (χ0n) is 10.7. The molecule has 0 N–H and O–H groups in total. The predicted molar refractivity (Wildman–Crippen MR) is 68.5 cm³/mol. The van der Waals surface area contributed by atoms with Gasteiger partial charge < -0.3 is 0 Å². The van der Waals surface area contributed by atoms with Gasteiger partial charge in [0.1, 0.15) is 5.82 Å². The van der Waals surface area contributed by atoms with Crippen molar-refractivity contribution >= 4 is 5.57 Å². The molecule has 0 radical (unpaired) electrons. The van der Waals surface area contributed by atoms with E-state index in [4.69, 9.17) is 0 Å². The van der Waals surface area contributed by atoms with Gasteiger partial charge in [-0.1, -0.05) is 6.08 Å². The molecule has 0 aromatic carbocycles. The molecule has 1 aliphatic carbocycles. The summed E-state index contributed by atoms with van der Waals surface area (Å²) in [7, 11) is 0. The van der Waals surface area contributed by atoms with Gasteiger partial charge >= 0.3 is 0 Å². The van der Waals surface area contributed by atoms with Crippen LogP contribution < -0.4 is 0 Å². The minimum atomic E-state index is 0.635. The normalized spacial score (nSPS) is 27.9. The first-order valence-corrected chi connectivity index (χ1v) is 6.41. The highest BCUT2D eigenvalue weighted by Crippen LogP contribution is 2.42. The average Bonchev–Trinajstić information content (AvgIpc) is 2.89. The average molecular weight is 229 g/mol. The van der Waals surface area contributed by atoms with Gasteiger partial charge in [0.15, 0.2) is 0 Å². The molecule has 2 atom stereocenters. The monoisotopic (exact) mass is 229 g/mol. The summed E-state index contributed by atoms with van der Waals surface area (Å²) in [6.45, 7) is 7.69. The molecule has 3 rings (SSSR count). The van der Waals surface area contributed by atoms with Crippen molar-refractivity contribution < 1.29 is 0 Å². The van der Waals surface area contributed by atoms with E-state index in [9.17, 15) is 0 Å². The van der Waals surface area contributed by atoms with Crippen LogP contribution in [0.5, 0.6) is 0 Å². The maximum atomic E-state index is 4.30. The van der Waals surface area contributed by atoms with Gasteiger partial charge in [-0.15, -0.1) is 0 Å². The molecule has 2 bridgehead atoms. The fraction of sp³-hybridized carbons (Fsp3) is 0.571. The Morgan fingerprint density at radius 2 is 2.00 bits per heavy atom. The summed E-state index contributed by atoms with van der Waals surface area (Å²) in [5.41, 5.74) is 2.68. The number of hydrogen-bond donors (Lipinski definition) is 0. The van der Waals surface area contributed by atoms with Gasteiger partial charge in [0.05, 0.1) is 0 Å². The Bertz CT molecular complexity index is 447. The predicted octanol–water partition coefficient (Wildman–Crippen LogP) is 2.28. The molecule has 1 aromatic rings. The maximum Gasteiger partial charge on any atom is 0.125 e. The Hall–Kier alpha value is -1.22. The molecule has 1 aromatic heterocycles. The van der Waals surface area contributed by atoms with Gasteiger partial charge in [0.2, 0.25) is 0 Å². The third-order valence-electron chi connectivity index (χ3n) is 3.97. The Morgan fingerprint density at radius 3 is 2.53 bits per heavy atom. The van der Waals surface area contributed by atoms with Crippen LogP contribution in [0.2, 0.25) is 0 Å². The fourth-order valence-corrected chi connectivity index (χ4v) is 3.09. The highest BCUT2D eigenvalue weighted by molar-refractivity contribution is 5.70. The van der Waals surface area contributed by atoms with E-state index in [1.807, 2.05) is 19.3 Å². The number of nitrogens with zero attached hydrogens (tertiary/aromatic N) is 3. The first kappa shape index (κ1) is 10.9. The first-order valence-electron chi connectivity index (χ1n) is 6.41. The number of aryl methyl sites for hydroxylation is 1. The second kappa shape index (κ2) is 3.91. The molecule has 17 heavy (non-hydrogen) atoms. The lowest BCUT2D eigenvalue weighted by Gasteiger charge is -2.29. The molecule has 0 amide bonds. The van der Waals surface area contributed by atoms with Gasteiger partial charge in [-0.25, -0.2) is 9.97 Å². The quantitative estimate of drug-likeness (QED) is 0.779. The summed E-state index contributed by atoms with van der Waals surface area (Å²) in [5.74, 6) is 1.54. The SMILES string of the molecule is Cc1ncc(C2=CC3CC2CN3C(C)C)cn1. The van der Waals surface area contributed by atoms with Crippen molar-refractivity contribution in [3.8, 4) is 0 Å². The number of hydrogen-bond acceptors (Lipinski definition) is 3. The Balaban J connectivity index is 1.86. The zero-order valence-corrected chi connectivity index (χ0v) is 10.7. The largest absolute Gasteiger partial charge is 0.294 e. The molecule has 1 fully saturated rings. The molecule has 1 aliphatic heterocycles. The van der Waals surface area contributed by atoms with Crippen molar-refractivity contribution in [2.24, 2.45) is 5.92 Å². The standard InChI is InChI=1S/C14H19N3/c1-9(2)17-8-11-4-13(17)5-14(11)12-6-15-10(3)16-7-12/h5-7,9,11,13H,4,8H2,1-3H3. The molecule has 0 spiro atoms. The molecule has 0 saturated carbocycles. The van der Waals surface area contributed by atoms with Crippen molar-refractivity contribution in [1.82, 2.24) is 14.9 Å². The molecule has 3 nitrogen and oxygen atoms in total. The number of fused-ring (bicyclic) bond motifs is 2. The highest BCUT2D eigenvalue weighted by atomic mass is 15.2. The van der Waals surface area contributed by atoms with Gasteiger partial charge in [0.25, 0.3) is 0 Å². The second-order valence-electron chi connectivity index (χ2n) is 5.43. The van der Waals surface area contributed by atoms with Gasteiger partial charge in [-0.2, -0.15) is 0 Å². The maximum absolute atomic E-state index is 4.30. The Labute approximate surface area is 103 Å². The first-order chi connectivity index (χ1) is 8.15. The van der Waals surface area contributed by atoms with Crippen molar-refractivity contribution in [3.05, 3.63) is 29.9 Å². The lowest BCUT2D eigenvalue weighted by Crippen LogP contribution is -2.36. The van der Waals surface area contributed by atoms with Crippen LogP contribution in [0.15, 0.2) is 18.5 Å². The highest BCUT2D eigenvalue weighted by Gasteiger charge is 2.40. The van der Waals surface area contributed by atoms with E-state index in [1.165, 1.54) is 24.1 Å². The summed E-state index contributed by atoms with van der Waals surface area (Å²) < 4.78 is 0. The van der Waals surface area contributed by atoms with Crippen LogP contribution in [0.4, 0.5) is 0 Å². The molecule has 2 heterocycles. The van der Waals surface area contributed by atoms with E-state index in [-0.39, 0.29) is 0 Å². The Kier molecular flexibility index (Phi) is 2.51. The number of rotatable bonds is 2. The Morgan fingerprint density at radius 1 is 1.29 bits per heavy atom. The summed E-state index contributed by atoms with van der Waals surface area (Å²) in [6.07, 6.45) is 7.63. The topological polar surface area (TPSA) is 29.0 Å². The lowest BCUT2D eigenvalue weighted by molar-refractivity contribution is 0.227. The van der Waals surface area contributed by atoms with E-state index in [1.54, 1.807) is 0 Å². The van der Waals surface area contributed by atoms with Crippen molar-refractivity contribution in [3.63, 3.8) is 0 Å². The van der Waals surface area contributed by atoms with Gasteiger partial charge in [-0.3, -0.25) is 4.90 Å². The summed E-state index contributed by atoms with van der Waals surface area (Å²) >= 11 is 0. The van der Waals surface area contributed by atoms with Crippen LogP contribution in [-0.4, -0.2) is 33.5 Å². The molecule has 1 saturated heterocycles. The molecule has 2 aliphatic rings. The van der Waals surface area contributed by atoms with Crippen LogP contribution in [-0.2, 0) is 0 Å². The van der Waals surface area contributed by atoms with Crippen LogP contribution in [0.3, 0.4) is 0 Å². The van der Waals surface area contributed by atoms with Crippen LogP contribution in [0.25, 0.3) is 5.57 Å². The van der Waals surface area contributed by atoms with Crippen molar-refractivity contribution in [1.29, 1.82) is 0 Å². The lowest BCUT2D eigenvalue weighted by atomic mass is 9.97. The zero-order chi connectivity index (χ0) is 12.0. The third kappa shape index (κ3) is 1.78. The molecule has 90 valence electrons. The molecular formula is C14H19N3. The fourth-order valence-electron chi connectivity index (χ4n) is 3.09. The van der Waals surface area contributed by atoms with Crippen LogP contribution in [0, 0.1) is 12.8 Å². The van der Waals surface area contributed by atoms with E-state index < -0.39 is 0 Å². The molecular weight excluding hydrogens is 210 g/mol. The second-order valence-corrected chi connectivity index (χ2v) is 5.43. The van der Waals surface area contributed by atoms with E-state index >= 15 is 0 Å². The van der Waals surface area contributed by atoms with Crippen LogP contribution in [0.1, 0.15) is 31.7 Å². The molecule has 3 heteroatoms. The smallest absolute Gasteiger partial charge is 0.125 e. The van der Waals surface area contributed by atoms with Crippen LogP contribution >= 0.6 is 0 Å². The molecule has 2 unspecified atom stereocenters. The van der Waals surface area contributed by atoms with E-state index in [0.717, 1.165) is 5.82 Å². The third-order valence-corrected chi connectivity index (χ3v) is 3.97. The van der Waals surface area contributed by atoms with Crippen molar-refractivity contribution in [2.45, 2.75) is 39.3 Å². The van der Waals surface area contributed by atoms with Gasteiger partial charge in [-0.05, 0) is 38.7 Å². The minimum absolute atomic E-state index is 0.635. The summed E-state index contributed by atoms with van der Waals surface area (Å²) in [5, 5.41) is 0. The minimum Gasteiger partial charge on any atom is -0.294 e. The van der Waals surface area contributed by atoms with Gasteiger partial charge in [0, 0.05) is 36.6 Å². The summed E-state index contributed by atoms with van der Waals surface area (Å²) in [6, 6.07) is 1.29. The van der Waals surface area contributed by atoms with E-state index in [0.29, 0.717) is 18.0 Å². The van der Waals surface area contributed by atoms with Crippen molar-refractivity contribution in [2.75, 3.05) is 6.54 Å². The number of likely N-dealkylation sites (tertiary alicyclic amines) is 1. The summed E-state index contributed by atoms with van der Waals surface area (Å²) in [4.78, 5) is 11.2. The van der Waals surface area contributed by atoms with E-state index in [2.05, 4.69) is 34.8 Å². The number of aromatic nitrogens is 2.